The highest BCUT2D eigenvalue weighted by Gasteiger charge is 2.53. The maximum Gasteiger partial charge on any atom is 0.410 e. The number of anilines is 1. The van der Waals surface area contributed by atoms with Gasteiger partial charge < -0.3 is 19.3 Å². The Bertz CT molecular complexity index is 786. The predicted molar refractivity (Wildman–Crippen MR) is 107 cm³/mol. The molecule has 2 heterocycles. The average Bonchev–Trinajstić information content (AvgIpc) is 3.44. The summed E-state index contributed by atoms with van der Waals surface area (Å²) in [7, 11) is 1.65. The zero-order valence-electron chi connectivity index (χ0n) is 17.3. The summed E-state index contributed by atoms with van der Waals surface area (Å²) in [4.78, 5) is 29.7. The van der Waals surface area contributed by atoms with Crippen molar-refractivity contribution >= 4 is 17.7 Å². The normalized spacial score (nSPS) is 21.1. The number of hydrogen-bond donors (Lipinski definition) is 0. The molecule has 6 nitrogen and oxygen atoms in total. The Kier molecular flexibility index (Phi) is 4.55. The van der Waals surface area contributed by atoms with Gasteiger partial charge in [0.05, 0.1) is 18.2 Å². The van der Waals surface area contributed by atoms with Crippen molar-refractivity contribution in [2.24, 2.45) is 5.92 Å². The molecular weight excluding hydrogens is 356 g/mol. The Hall–Kier alpha value is -2.24. The Balaban J connectivity index is 1.58. The molecular formula is C22H30N2O4. The molecule has 1 aliphatic carbocycles. The monoisotopic (exact) mass is 386 g/mol. The van der Waals surface area contributed by atoms with Crippen LogP contribution < -0.4 is 9.64 Å². The molecule has 0 aromatic heterocycles. The molecule has 0 unspecified atom stereocenters. The van der Waals surface area contributed by atoms with E-state index < -0.39 is 11.0 Å². The second-order valence-electron chi connectivity index (χ2n) is 9.29. The number of piperidine rings is 1. The van der Waals surface area contributed by atoms with Crippen LogP contribution in [-0.4, -0.2) is 49.2 Å². The van der Waals surface area contributed by atoms with E-state index in [1.54, 1.807) is 12.0 Å². The number of methoxy groups -OCH3 is 1. The minimum absolute atomic E-state index is 0.187. The van der Waals surface area contributed by atoms with E-state index in [0.29, 0.717) is 31.8 Å². The number of rotatable bonds is 3. The summed E-state index contributed by atoms with van der Waals surface area (Å²) >= 11 is 0. The van der Waals surface area contributed by atoms with Gasteiger partial charge in [0.25, 0.3) is 0 Å². The minimum Gasteiger partial charge on any atom is -0.497 e. The first kappa shape index (κ1) is 19.1. The number of carbonyl (C=O) groups excluding carboxylic acids is 2. The maximum absolute atomic E-state index is 13.6. The number of carbonyl (C=O) groups is 2. The van der Waals surface area contributed by atoms with Gasteiger partial charge in [0, 0.05) is 25.7 Å². The van der Waals surface area contributed by atoms with E-state index in [-0.39, 0.29) is 12.0 Å². The summed E-state index contributed by atoms with van der Waals surface area (Å²) in [5.74, 6) is 1.57. The second kappa shape index (κ2) is 6.68. The first-order chi connectivity index (χ1) is 13.2. The number of ether oxygens (including phenoxy) is 2. The van der Waals surface area contributed by atoms with Crippen molar-refractivity contribution in [2.45, 2.75) is 57.5 Å². The third kappa shape index (κ3) is 3.33. The summed E-state index contributed by atoms with van der Waals surface area (Å²) in [5.41, 5.74) is 1.03. The van der Waals surface area contributed by atoms with Gasteiger partial charge in [0.1, 0.15) is 11.4 Å². The highest BCUT2D eigenvalue weighted by atomic mass is 16.6. The molecule has 0 N–H and O–H groups in total. The molecule has 1 spiro atoms. The maximum atomic E-state index is 13.6. The Labute approximate surface area is 166 Å². The molecule has 152 valence electrons. The van der Waals surface area contributed by atoms with E-state index in [1.165, 1.54) is 12.8 Å². The molecule has 1 saturated carbocycles. The van der Waals surface area contributed by atoms with Crippen LogP contribution in [0.25, 0.3) is 0 Å². The fraction of sp³-hybridized carbons (Fsp3) is 0.636. The van der Waals surface area contributed by atoms with Crippen LogP contribution in [0.4, 0.5) is 10.5 Å². The van der Waals surface area contributed by atoms with Gasteiger partial charge in [-0.05, 0) is 64.0 Å². The third-order valence-electron chi connectivity index (χ3n) is 6.07. The summed E-state index contributed by atoms with van der Waals surface area (Å²) in [6.07, 6.45) is 3.36. The number of fused-ring (bicyclic) bond motifs is 2. The zero-order valence-corrected chi connectivity index (χ0v) is 17.3. The molecule has 3 aliphatic rings. The van der Waals surface area contributed by atoms with Crippen molar-refractivity contribution in [1.82, 2.24) is 4.90 Å². The molecule has 0 atom stereocenters. The van der Waals surface area contributed by atoms with Crippen LogP contribution in [0.15, 0.2) is 18.2 Å². The molecule has 1 saturated heterocycles. The third-order valence-corrected chi connectivity index (χ3v) is 6.07. The van der Waals surface area contributed by atoms with E-state index in [0.717, 1.165) is 23.5 Å². The minimum atomic E-state index is -0.533. The molecule has 2 fully saturated rings. The summed E-state index contributed by atoms with van der Waals surface area (Å²) in [6, 6.07) is 5.97. The average molecular weight is 386 g/mol. The van der Waals surface area contributed by atoms with E-state index >= 15 is 0 Å². The van der Waals surface area contributed by atoms with Crippen LogP contribution in [0.5, 0.6) is 5.75 Å². The number of nitrogens with zero attached hydrogens (tertiary/aromatic N) is 2. The smallest absolute Gasteiger partial charge is 0.410 e. The van der Waals surface area contributed by atoms with Crippen molar-refractivity contribution in [3.05, 3.63) is 23.8 Å². The van der Waals surface area contributed by atoms with E-state index in [4.69, 9.17) is 9.47 Å². The van der Waals surface area contributed by atoms with E-state index in [2.05, 4.69) is 0 Å². The highest BCUT2D eigenvalue weighted by molar-refractivity contribution is 6.08. The van der Waals surface area contributed by atoms with Gasteiger partial charge in [-0.3, -0.25) is 4.79 Å². The summed E-state index contributed by atoms with van der Waals surface area (Å²) < 4.78 is 10.9. The number of likely N-dealkylation sites (tertiary alicyclic amines) is 1. The number of hydrogen-bond acceptors (Lipinski definition) is 4. The summed E-state index contributed by atoms with van der Waals surface area (Å²) in [6.45, 7) is 7.46. The fourth-order valence-corrected chi connectivity index (χ4v) is 4.37. The van der Waals surface area contributed by atoms with Crippen molar-refractivity contribution in [1.29, 1.82) is 0 Å². The van der Waals surface area contributed by atoms with E-state index in [9.17, 15) is 9.59 Å². The van der Waals surface area contributed by atoms with Crippen molar-refractivity contribution in [3.8, 4) is 5.75 Å². The quantitative estimate of drug-likeness (QED) is 0.794. The molecule has 1 aromatic rings. The highest BCUT2D eigenvalue weighted by Crippen LogP contribution is 2.50. The van der Waals surface area contributed by atoms with Gasteiger partial charge in [-0.1, -0.05) is 6.07 Å². The lowest BCUT2D eigenvalue weighted by Gasteiger charge is -2.39. The first-order valence-corrected chi connectivity index (χ1v) is 10.2. The Morgan fingerprint density at radius 3 is 2.46 bits per heavy atom. The van der Waals surface area contributed by atoms with Gasteiger partial charge in [0.2, 0.25) is 5.91 Å². The van der Waals surface area contributed by atoms with Gasteiger partial charge in [0.15, 0.2) is 0 Å². The lowest BCUT2D eigenvalue weighted by molar-refractivity contribution is -0.125. The zero-order chi connectivity index (χ0) is 20.1. The number of benzene rings is 1. The van der Waals surface area contributed by atoms with Crippen LogP contribution in [0, 0.1) is 5.92 Å². The van der Waals surface area contributed by atoms with Crippen LogP contribution in [0.3, 0.4) is 0 Å². The van der Waals surface area contributed by atoms with Crippen molar-refractivity contribution < 1.29 is 19.1 Å². The molecule has 4 rings (SSSR count). The lowest BCUT2D eigenvalue weighted by Crippen LogP contribution is -2.51. The van der Waals surface area contributed by atoms with Crippen LogP contribution >= 0.6 is 0 Å². The predicted octanol–water partition coefficient (Wildman–Crippen LogP) is 3.72. The SMILES string of the molecule is COc1ccc2c(c1)N(CC1CC1)C(=O)C21CCN(C(=O)OC(C)(C)C)CC1. The van der Waals surface area contributed by atoms with Crippen molar-refractivity contribution in [3.63, 3.8) is 0 Å². The molecule has 28 heavy (non-hydrogen) atoms. The first-order valence-electron chi connectivity index (χ1n) is 10.2. The van der Waals surface area contributed by atoms with Crippen LogP contribution in [0.1, 0.15) is 52.0 Å². The largest absolute Gasteiger partial charge is 0.497 e. The Morgan fingerprint density at radius 2 is 1.89 bits per heavy atom. The summed E-state index contributed by atoms with van der Waals surface area (Å²) in [5, 5.41) is 0. The van der Waals surface area contributed by atoms with Gasteiger partial charge >= 0.3 is 6.09 Å². The topological polar surface area (TPSA) is 59.1 Å². The second-order valence-corrected chi connectivity index (χ2v) is 9.29. The fourth-order valence-electron chi connectivity index (χ4n) is 4.37. The molecule has 0 bridgehead atoms. The van der Waals surface area contributed by atoms with Crippen molar-refractivity contribution in [2.75, 3.05) is 31.6 Å². The standard InChI is InChI=1S/C22H30N2O4/c1-21(2,3)28-20(26)23-11-9-22(10-12-23)17-8-7-16(27-4)13-18(17)24(19(22)25)14-15-5-6-15/h7-8,13,15H,5-6,9-12,14H2,1-4H3. The molecule has 0 radical (unpaired) electrons. The number of amides is 2. The molecule has 1 aromatic carbocycles. The van der Waals surface area contributed by atoms with Gasteiger partial charge in [-0.15, -0.1) is 0 Å². The molecule has 2 amide bonds. The molecule has 6 heteroatoms. The Morgan fingerprint density at radius 1 is 1.21 bits per heavy atom. The van der Waals surface area contributed by atoms with Gasteiger partial charge in [-0.2, -0.15) is 0 Å². The lowest BCUT2D eigenvalue weighted by atomic mass is 9.73. The van der Waals surface area contributed by atoms with Gasteiger partial charge in [-0.25, -0.2) is 4.79 Å². The van der Waals surface area contributed by atoms with Crippen LogP contribution in [-0.2, 0) is 14.9 Å². The molecule has 2 aliphatic heterocycles. The van der Waals surface area contributed by atoms with E-state index in [1.807, 2.05) is 43.9 Å². The van der Waals surface area contributed by atoms with Crippen LogP contribution in [0.2, 0.25) is 0 Å².